The molecule has 0 spiro atoms. The Kier molecular flexibility index (Phi) is 4.99. The Labute approximate surface area is 98.7 Å². The summed E-state index contributed by atoms with van der Waals surface area (Å²) in [6.07, 6.45) is 1.59. The summed E-state index contributed by atoms with van der Waals surface area (Å²) in [6, 6.07) is 3.17. The number of hydrogen-bond acceptors (Lipinski definition) is 2. The first-order valence-electron chi connectivity index (χ1n) is 4.79. The lowest BCUT2D eigenvalue weighted by Crippen LogP contribution is -2.34. The molecule has 0 saturated carbocycles. The number of carbonyl (C=O) groups is 1. The van der Waals surface area contributed by atoms with Gasteiger partial charge in [-0.05, 0) is 36.6 Å². The number of rotatable bonds is 5. The average molecular weight is 250 g/mol. The standard InChI is InChI=1S/C10H13Cl2NO2/c1-2-7(5-6-11)13-10(14)8-3-4-9(12)15-8/h3-4,7H,2,5-6H2,1H3,(H,13,14). The van der Waals surface area contributed by atoms with Gasteiger partial charge in [0.05, 0.1) is 0 Å². The van der Waals surface area contributed by atoms with Gasteiger partial charge in [0.25, 0.3) is 5.91 Å². The predicted molar refractivity (Wildman–Crippen MR) is 60.6 cm³/mol. The third-order valence-corrected chi connectivity index (χ3v) is 2.50. The maximum Gasteiger partial charge on any atom is 0.287 e. The number of carbonyl (C=O) groups excluding carboxylic acids is 1. The number of halogens is 2. The highest BCUT2D eigenvalue weighted by Crippen LogP contribution is 2.13. The van der Waals surface area contributed by atoms with E-state index in [4.69, 9.17) is 27.6 Å². The molecule has 0 aliphatic heterocycles. The lowest BCUT2D eigenvalue weighted by molar-refractivity contribution is 0.0907. The van der Waals surface area contributed by atoms with Crippen LogP contribution in [0.2, 0.25) is 5.22 Å². The van der Waals surface area contributed by atoms with E-state index in [2.05, 4.69) is 5.32 Å². The van der Waals surface area contributed by atoms with E-state index in [0.717, 1.165) is 12.8 Å². The van der Waals surface area contributed by atoms with Gasteiger partial charge in [0, 0.05) is 11.9 Å². The summed E-state index contributed by atoms with van der Waals surface area (Å²) in [4.78, 5) is 11.6. The van der Waals surface area contributed by atoms with E-state index in [0.29, 0.717) is 5.88 Å². The van der Waals surface area contributed by atoms with E-state index < -0.39 is 0 Å². The minimum absolute atomic E-state index is 0.0823. The summed E-state index contributed by atoms with van der Waals surface area (Å²) in [7, 11) is 0. The van der Waals surface area contributed by atoms with Crippen LogP contribution in [0.5, 0.6) is 0 Å². The first-order chi connectivity index (χ1) is 7.17. The summed E-state index contributed by atoms with van der Waals surface area (Å²) in [5, 5.41) is 3.03. The molecule has 0 fully saturated rings. The number of hydrogen-bond donors (Lipinski definition) is 1. The maximum absolute atomic E-state index is 11.6. The van der Waals surface area contributed by atoms with E-state index >= 15 is 0 Å². The Balaban J connectivity index is 2.54. The second-order valence-corrected chi connectivity index (χ2v) is 3.91. The van der Waals surface area contributed by atoms with Gasteiger partial charge in [-0.1, -0.05) is 6.92 Å². The van der Waals surface area contributed by atoms with Gasteiger partial charge in [-0.25, -0.2) is 0 Å². The molecule has 0 aliphatic carbocycles. The van der Waals surface area contributed by atoms with Crippen LogP contribution in [0.15, 0.2) is 16.5 Å². The van der Waals surface area contributed by atoms with Crippen LogP contribution in [-0.2, 0) is 0 Å². The van der Waals surface area contributed by atoms with Crippen molar-refractivity contribution in [3.8, 4) is 0 Å². The topological polar surface area (TPSA) is 42.2 Å². The first kappa shape index (κ1) is 12.4. The Hall–Kier alpha value is -0.670. The van der Waals surface area contributed by atoms with Crippen molar-refractivity contribution in [2.24, 2.45) is 0 Å². The molecule has 1 rings (SSSR count). The minimum atomic E-state index is -0.251. The third-order valence-electron chi connectivity index (χ3n) is 2.08. The molecular formula is C10H13Cl2NO2. The molecule has 1 atom stereocenters. The van der Waals surface area contributed by atoms with Crippen molar-refractivity contribution in [3.05, 3.63) is 23.1 Å². The average Bonchev–Trinajstić information content (AvgIpc) is 2.64. The minimum Gasteiger partial charge on any atom is -0.440 e. The van der Waals surface area contributed by atoms with Gasteiger partial charge in [0.15, 0.2) is 11.0 Å². The van der Waals surface area contributed by atoms with Gasteiger partial charge in [0.1, 0.15) is 0 Å². The van der Waals surface area contributed by atoms with Crippen LogP contribution in [0, 0.1) is 0 Å². The van der Waals surface area contributed by atoms with E-state index in [1.54, 1.807) is 12.1 Å². The summed E-state index contributed by atoms with van der Waals surface area (Å²) in [5.74, 6) is 0.504. The number of furan rings is 1. The predicted octanol–water partition coefficient (Wildman–Crippen LogP) is 3.07. The molecule has 3 nitrogen and oxygen atoms in total. The molecule has 1 N–H and O–H groups in total. The zero-order chi connectivity index (χ0) is 11.3. The molecule has 1 unspecified atom stereocenters. The normalized spacial score (nSPS) is 12.5. The Morgan fingerprint density at radius 1 is 1.60 bits per heavy atom. The molecule has 1 aromatic rings. The highest BCUT2D eigenvalue weighted by atomic mass is 35.5. The highest BCUT2D eigenvalue weighted by Gasteiger charge is 2.14. The van der Waals surface area contributed by atoms with Crippen LogP contribution in [0.1, 0.15) is 30.3 Å². The molecular weight excluding hydrogens is 237 g/mol. The smallest absolute Gasteiger partial charge is 0.287 e. The molecule has 5 heteroatoms. The maximum atomic E-state index is 11.6. The molecule has 0 bridgehead atoms. The fourth-order valence-electron chi connectivity index (χ4n) is 1.20. The van der Waals surface area contributed by atoms with Crippen molar-refractivity contribution in [1.82, 2.24) is 5.32 Å². The SMILES string of the molecule is CCC(CCCl)NC(=O)c1ccc(Cl)o1. The van der Waals surface area contributed by atoms with Crippen molar-refractivity contribution in [2.45, 2.75) is 25.8 Å². The van der Waals surface area contributed by atoms with Crippen LogP contribution in [0.25, 0.3) is 0 Å². The molecule has 84 valence electrons. The fourth-order valence-corrected chi connectivity index (χ4v) is 1.61. The Morgan fingerprint density at radius 2 is 2.33 bits per heavy atom. The lowest BCUT2D eigenvalue weighted by atomic mass is 10.1. The number of alkyl halides is 1. The van der Waals surface area contributed by atoms with E-state index in [1.807, 2.05) is 6.92 Å². The second-order valence-electron chi connectivity index (χ2n) is 3.16. The van der Waals surface area contributed by atoms with Crippen molar-refractivity contribution in [2.75, 3.05) is 5.88 Å². The lowest BCUT2D eigenvalue weighted by Gasteiger charge is -2.14. The second kappa shape index (κ2) is 6.03. The van der Waals surface area contributed by atoms with Crippen LogP contribution in [0.4, 0.5) is 0 Å². The zero-order valence-electron chi connectivity index (χ0n) is 8.43. The van der Waals surface area contributed by atoms with Gasteiger partial charge >= 0.3 is 0 Å². The molecule has 0 radical (unpaired) electrons. The van der Waals surface area contributed by atoms with Crippen molar-refractivity contribution in [3.63, 3.8) is 0 Å². The van der Waals surface area contributed by atoms with Gasteiger partial charge in [-0.3, -0.25) is 4.79 Å². The van der Waals surface area contributed by atoms with E-state index in [9.17, 15) is 4.79 Å². The van der Waals surface area contributed by atoms with Crippen LogP contribution < -0.4 is 5.32 Å². The molecule has 1 heterocycles. The number of amides is 1. The molecule has 1 amide bonds. The molecule has 0 saturated heterocycles. The quantitative estimate of drug-likeness (QED) is 0.816. The van der Waals surface area contributed by atoms with Crippen LogP contribution >= 0.6 is 23.2 Å². The molecule has 1 aromatic heterocycles. The summed E-state index contributed by atoms with van der Waals surface area (Å²) in [6.45, 7) is 1.99. The zero-order valence-corrected chi connectivity index (χ0v) is 9.94. The van der Waals surface area contributed by atoms with Gasteiger partial charge in [0.2, 0.25) is 0 Å². The van der Waals surface area contributed by atoms with Gasteiger partial charge in [-0.2, -0.15) is 0 Å². The molecule has 0 aliphatic rings. The largest absolute Gasteiger partial charge is 0.440 e. The van der Waals surface area contributed by atoms with Crippen LogP contribution in [-0.4, -0.2) is 17.8 Å². The Bertz CT molecular complexity index is 325. The summed E-state index contributed by atoms with van der Waals surface area (Å²) >= 11 is 11.2. The first-order valence-corrected chi connectivity index (χ1v) is 5.70. The monoisotopic (exact) mass is 249 g/mol. The summed E-state index contributed by atoms with van der Waals surface area (Å²) in [5.41, 5.74) is 0. The fraction of sp³-hybridized carbons (Fsp3) is 0.500. The van der Waals surface area contributed by atoms with Crippen molar-refractivity contribution in [1.29, 1.82) is 0 Å². The van der Waals surface area contributed by atoms with Gasteiger partial charge in [-0.15, -0.1) is 11.6 Å². The van der Waals surface area contributed by atoms with Gasteiger partial charge < -0.3 is 9.73 Å². The van der Waals surface area contributed by atoms with Crippen molar-refractivity contribution >= 4 is 29.1 Å². The number of nitrogens with one attached hydrogen (secondary N) is 1. The van der Waals surface area contributed by atoms with Crippen LogP contribution in [0.3, 0.4) is 0 Å². The Morgan fingerprint density at radius 3 is 2.80 bits per heavy atom. The van der Waals surface area contributed by atoms with E-state index in [-0.39, 0.29) is 22.9 Å². The third kappa shape index (κ3) is 3.76. The molecule has 15 heavy (non-hydrogen) atoms. The van der Waals surface area contributed by atoms with E-state index in [1.165, 1.54) is 0 Å². The van der Waals surface area contributed by atoms with Crippen molar-refractivity contribution < 1.29 is 9.21 Å². The molecule has 0 aromatic carbocycles. The summed E-state index contributed by atoms with van der Waals surface area (Å²) < 4.78 is 4.99. The highest BCUT2D eigenvalue weighted by molar-refractivity contribution is 6.29.